The minimum atomic E-state index is -3.54. The third-order valence-electron chi connectivity index (χ3n) is 3.68. The summed E-state index contributed by atoms with van der Waals surface area (Å²) < 4.78 is 31.9. The molecule has 24 heavy (non-hydrogen) atoms. The molecular formula is C18H19BrO4S. The van der Waals surface area contributed by atoms with E-state index < -0.39 is 9.84 Å². The Morgan fingerprint density at radius 1 is 1.21 bits per heavy atom. The van der Waals surface area contributed by atoms with Gasteiger partial charge >= 0.3 is 0 Å². The van der Waals surface area contributed by atoms with Gasteiger partial charge in [-0.3, -0.25) is 0 Å². The molecule has 0 aliphatic heterocycles. The van der Waals surface area contributed by atoms with Crippen LogP contribution >= 0.6 is 15.9 Å². The molecule has 0 saturated heterocycles. The molecule has 0 unspecified atom stereocenters. The zero-order valence-corrected chi connectivity index (χ0v) is 15.9. The predicted octanol–water partition coefficient (Wildman–Crippen LogP) is 3.75. The molecule has 2 aromatic carbocycles. The Morgan fingerprint density at radius 3 is 2.58 bits per heavy atom. The summed E-state index contributed by atoms with van der Waals surface area (Å²) in [4.78, 5) is 0.246. The first-order valence-electron chi connectivity index (χ1n) is 7.32. The van der Waals surface area contributed by atoms with Gasteiger partial charge in [-0.25, -0.2) is 8.42 Å². The van der Waals surface area contributed by atoms with Crippen LogP contribution in [0.3, 0.4) is 0 Å². The van der Waals surface area contributed by atoms with Crippen molar-refractivity contribution < 1.29 is 18.3 Å². The van der Waals surface area contributed by atoms with E-state index in [2.05, 4.69) is 15.9 Å². The predicted molar refractivity (Wildman–Crippen MR) is 98.9 cm³/mol. The van der Waals surface area contributed by atoms with Gasteiger partial charge in [-0.15, -0.1) is 0 Å². The van der Waals surface area contributed by atoms with Crippen LogP contribution in [-0.2, 0) is 15.6 Å². The van der Waals surface area contributed by atoms with Crippen LogP contribution < -0.4 is 4.74 Å². The first kappa shape index (κ1) is 18.7. The first-order chi connectivity index (χ1) is 11.4. The lowest BCUT2D eigenvalue weighted by atomic mass is 10.1. The molecule has 2 rings (SSSR count). The lowest BCUT2D eigenvalue weighted by Crippen LogP contribution is -2.08. The van der Waals surface area contributed by atoms with Crippen LogP contribution in [-0.4, -0.2) is 27.2 Å². The smallest absolute Gasteiger partial charge is 0.183 e. The minimum Gasteiger partial charge on any atom is -0.495 e. The minimum absolute atomic E-state index is 0.119. The van der Waals surface area contributed by atoms with Crippen LogP contribution in [0.25, 0.3) is 6.08 Å². The van der Waals surface area contributed by atoms with Gasteiger partial charge in [-0.05, 0) is 51.7 Å². The average molecular weight is 411 g/mol. The second kappa shape index (κ2) is 7.96. The van der Waals surface area contributed by atoms with Crippen molar-refractivity contribution in [3.05, 3.63) is 63.6 Å². The zero-order valence-electron chi connectivity index (χ0n) is 13.5. The lowest BCUT2D eigenvalue weighted by molar-refractivity contribution is 0.343. The molecule has 0 aliphatic rings. The molecule has 2 aromatic rings. The Labute approximate surface area is 150 Å². The number of aliphatic hydroxyl groups is 1. The molecule has 0 spiro atoms. The van der Waals surface area contributed by atoms with E-state index in [1.165, 1.54) is 6.08 Å². The number of halogens is 1. The number of hydrogen-bond acceptors (Lipinski definition) is 4. The van der Waals surface area contributed by atoms with Crippen LogP contribution in [0.15, 0.2) is 51.8 Å². The molecule has 0 aromatic heterocycles. The van der Waals surface area contributed by atoms with Gasteiger partial charge in [0.2, 0.25) is 0 Å². The monoisotopic (exact) mass is 410 g/mol. The molecule has 6 heteroatoms. The highest BCUT2D eigenvalue weighted by atomic mass is 79.9. The summed E-state index contributed by atoms with van der Waals surface area (Å²) in [6, 6.07) is 10.3. The van der Waals surface area contributed by atoms with E-state index in [9.17, 15) is 8.42 Å². The maximum Gasteiger partial charge on any atom is 0.183 e. The van der Waals surface area contributed by atoms with E-state index in [0.717, 1.165) is 10.0 Å². The highest BCUT2D eigenvalue weighted by molar-refractivity contribution is 9.10. The van der Waals surface area contributed by atoms with Crippen LogP contribution in [0, 0.1) is 6.92 Å². The molecular weight excluding hydrogens is 392 g/mol. The van der Waals surface area contributed by atoms with Crippen LogP contribution in [0.4, 0.5) is 0 Å². The van der Waals surface area contributed by atoms with E-state index in [1.54, 1.807) is 49.6 Å². The number of sulfone groups is 1. The van der Waals surface area contributed by atoms with Crippen molar-refractivity contribution in [1.29, 1.82) is 0 Å². The molecule has 0 fully saturated rings. The Kier molecular flexibility index (Phi) is 6.21. The number of hydrogen-bond donors (Lipinski definition) is 1. The van der Waals surface area contributed by atoms with Crippen molar-refractivity contribution in [2.24, 2.45) is 0 Å². The zero-order chi connectivity index (χ0) is 17.7. The number of methoxy groups -OCH3 is 1. The quantitative estimate of drug-likeness (QED) is 0.787. The van der Waals surface area contributed by atoms with Crippen molar-refractivity contribution in [3.63, 3.8) is 0 Å². The van der Waals surface area contributed by atoms with Gasteiger partial charge in [0.15, 0.2) is 9.84 Å². The largest absolute Gasteiger partial charge is 0.495 e. The maximum absolute atomic E-state index is 12.9. The molecule has 0 heterocycles. The van der Waals surface area contributed by atoms with Gasteiger partial charge in [0.1, 0.15) is 5.75 Å². The maximum atomic E-state index is 12.9. The van der Waals surface area contributed by atoms with Crippen LogP contribution in [0.2, 0.25) is 0 Å². The van der Waals surface area contributed by atoms with Crippen molar-refractivity contribution in [2.45, 2.75) is 17.6 Å². The van der Waals surface area contributed by atoms with Crippen LogP contribution in [0.5, 0.6) is 5.75 Å². The van der Waals surface area contributed by atoms with Gasteiger partial charge in [0, 0.05) is 0 Å². The summed E-state index contributed by atoms with van der Waals surface area (Å²) in [5.74, 6) is 0.517. The molecule has 0 amide bonds. The number of aliphatic hydroxyl groups excluding tert-OH is 1. The topological polar surface area (TPSA) is 63.6 Å². The molecule has 0 atom stereocenters. The molecule has 4 nitrogen and oxygen atoms in total. The Morgan fingerprint density at radius 2 is 1.92 bits per heavy atom. The lowest BCUT2D eigenvalue weighted by Gasteiger charge is -2.13. The number of benzene rings is 2. The normalized spacial score (nSPS) is 11.8. The third-order valence-corrected chi connectivity index (χ3v) is 6.03. The highest BCUT2D eigenvalue weighted by Gasteiger charge is 2.20. The average Bonchev–Trinajstić information content (AvgIpc) is 2.56. The van der Waals surface area contributed by atoms with E-state index in [-0.39, 0.29) is 17.3 Å². The third kappa shape index (κ3) is 4.06. The summed E-state index contributed by atoms with van der Waals surface area (Å²) in [5.41, 5.74) is 2.04. The summed E-state index contributed by atoms with van der Waals surface area (Å²) >= 11 is 3.40. The molecule has 128 valence electrons. The summed E-state index contributed by atoms with van der Waals surface area (Å²) in [7, 11) is -1.98. The Balaban J connectivity index is 2.46. The Hall–Kier alpha value is -1.63. The van der Waals surface area contributed by atoms with E-state index in [1.807, 2.05) is 6.92 Å². The van der Waals surface area contributed by atoms with Gasteiger partial charge < -0.3 is 9.84 Å². The molecule has 1 N–H and O–H groups in total. The molecule has 0 radical (unpaired) electrons. The summed E-state index contributed by atoms with van der Waals surface area (Å²) in [6.45, 7) is 1.70. The summed E-state index contributed by atoms with van der Waals surface area (Å²) in [5, 5.41) is 8.92. The van der Waals surface area contributed by atoms with E-state index >= 15 is 0 Å². The Bertz CT molecular complexity index is 857. The van der Waals surface area contributed by atoms with Crippen LogP contribution in [0.1, 0.15) is 16.7 Å². The van der Waals surface area contributed by atoms with E-state index in [0.29, 0.717) is 16.9 Å². The van der Waals surface area contributed by atoms with Gasteiger partial charge in [-0.2, -0.15) is 0 Å². The second-order valence-electron chi connectivity index (χ2n) is 5.25. The molecule has 0 bridgehead atoms. The van der Waals surface area contributed by atoms with E-state index in [4.69, 9.17) is 9.84 Å². The second-order valence-corrected chi connectivity index (χ2v) is 8.06. The van der Waals surface area contributed by atoms with Crippen molar-refractivity contribution in [2.75, 3.05) is 13.7 Å². The van der Waals surface area contributed by atoms with Gasteiger partial charge in [-0.1, -0.05) is 36.4 Å². The van der Waals surface area contributed by atoms with Gasteiger partial charge in [0.25, 0.3) is 0 Å². The standard InChI is InChI=1S/C18H19BrO4S/c1-13-15(9-10-16(19)18(13)23-2)12-24(21,22)17-8-4-3-6-14(17)7-5-11-20/h3-10,20H,11-12H2,1-2H3. The first-order valence-corrected chi connectivity index (χ1v) is 9.76. The fraction of sp³-hybridized carbons (Fsp3) is 0.222. The van der Waals surface area contributed by atoms with Crippen molar-refractivity contribution in [3.8, 4) is 5.75 Å². The van der Waals surface area contributed by atoms with Crippen molar-refractivity contribution in [1.82, 2.24) is 0 Å². The SMILES string of the molecule is COc1c(Br)ccc(CS(=O)(=O)c2ccccc2C=CCO)c1C. The highest BCUT2D eigenvalue weighted by Crippen LogP contribution is 2.32. The molecule has 0 aliphatic carbocycles. The fourth-order valence-electron chi connectivity index (χ4n) is 2.47. The molecule has 0 saturated carbocycles. The fourth-order valence-corrected chi connectivity index (χ4v) is 4.72. The number of ether oxygens (including phenoxy) is 1. The summed E-state index contributed by atoms with van der Waals surface area (Å²) in [6.07, 6.45) is 3.13. The van der Waals surface area contributed by atoms with Gasteiger partial charge in [0.05, 0.1) is 28.8 Å². The van der Waals surface area contributed by atoms with Crippen molar-refractivity contribution >= 4 is 31.8 Å². The number of rotatable bonds is 6.